The molecule has 7 heteroatoms. The second-order valence-corrected chi connectivity index (χ2v) is 6.69. The van der Waals surface area contributed by atoms with Crippen LogP contribution in [0.5, 0.6) is 5.75 Å². The molecule has 0 aliphatic carbocycles. The van der Waals surface area contributed by atoms with E-state index in [-0.39, 0.29) is 6.61 Å². The van der Waals surface area contributed by atoms with Crippen LogP contribution in [-0.2, 0) is 24.4 Å². The van der Waals surface area contributed by atoms with Crippen molar-refractivity contribution in [2.75, 3.05) is 26.8 Å². The second-order valence-electron chi connectivity index (χ2n) is 4.34. The smallest absolute Gasteiger partial charge is 0.266 e. The van der Waals surface area contributed by atoms with Gasteiger partial charge in [-0.05, 0) is 30.0 Å². The Morgan fingerprint density at radius 3 is 2.85 bits per heavy atom. The van der Waals surface area contributed by atoms with E-state index < -0.39 is 9.05 Å². The molecule has 0 aliphatic rings. The van der Waals surface area contributed by atoms with Gasteiger partial charge < -0.3 is 10.1 Å². The van der Waals surface area contributed by atoms with Gasteiger partial charge in [0.05, 0.1) is 13.7 Å². The number of methoxy groups -OCH3 is 1. The molecule has 114 valence electrons. The van der Waals surface area contributed by atoms with Crippen LogP contribution in [0.25, 0.3) is 0 Å². The lowest BCUT2D eigenvalue weighted by atomic mass is 9.96. The molecule has 0 saturated carbocycles. The Morgan fingerprint density at radius 2 is 2.25 bits per heavy atom. The Labute approximate surface area is 125 Å². The fourth-order valence-electron chi connectivity index (χ4n) is 1.89. The van der Waals surface area contributed by atoms with Crippen LogP contribution in [0.2, 0.25) is 0 Å². The van der Waals surface area contributed by atoms with Crippen LogP contribution in [0.4, 0.5) is 0 Å². The first-order valence-electron chi connectivity index (χ1n) is 6.42. The first kappa shape index (κ1) is 17.3. The quantitative estimate of drug-likeness (QED) is 0.678. The summed E-state index contributed by atoms with van der Waals surface area (Å²) in [6.45, 7) is 3.48. The summed E-state index contributed by atoms with van der Waals surface area (Å²) < 4.78 is 29.3. The van der Waals surface area contributed by atoms with Crippen molar-refractivity contribution in [2.45, 2.75) is 19.3 Å². The van der Waals surface area contributed by atoms with Gasteiger partial charge in [0.15, 0.2) is 0 Å². The Hall–Kier alpha value is -0.730. The van der Waals surface area contributed by atoms with Crippen LogP contribution < -0.4 is 10.1 Å². The van der Waals surface area contributed by atoms with Crippen molar-refractivity contribution < 1.29 is 17.7 Å². The molecule has 20 heavy (non-hydrogen) atoms. The van der Waals surface area contributed by atoms with E-state index in [2.05, 4.69) is 33.7 Å². The molecular formula is C13H21NO4S2. The molecule has 0 aromatic heterocycles. The highest BCUT2D eigenvalue weighted by Crippen LogP contribution is 2.22. The standard InChI is InChI=1S/C13H21NO4S2/c1-3-11(10-14-7-8-18-20(15,16)19)12-5-4-6-13(9-12)17-2/h4-6,9,11,14H,3,7-8,10H2,1-2H3,(H,15,16,19)/t11-/m1/s1. The molecular weight excluding hydrogens is 298 g/mol. The van der Waals surface area contributed by atoms with Gasteiger partial charge in [0.2, 0.25) is 0 Å². The molecule has 0 bridgehead atoms. The highest BCUT2D eigenvalue weighted by Gasteiger charge is 2.10. The van der Waals surface area contributed by atoms with Gasteiger partial charge in [0.1, 0.15) is 5.75 Å². The minimum Gasteiger partial charge on any atom is -0.497 e. The number of hydrogen-bond acceptors (Lipinski definition) is 5. The molecule has 0 amide bonds. The van der Waals surface area contributed by atoms with Gasteiger partial charge in [-0.2, -0.15) is 4.21 Å². The van der Waals surface area contributed by atoms with Crippen molar-refractivity contribution in [3.63, 3.8) is 0 Å². The zero-order valence-electron chi connectivity index (χ0n) is 11.7. The van der Waals surface area contributed by atoms with Crippen LogP contribution in [0.1, 0.15) is 24.8 Å². The van der Waals surface area contributed by atoms with Crippen molar-refractivity contribution in [3.8, 4) is 5.75 Å². The minimum atomic E-state index is -3.51. The molecule has 1 aromatic carbocycles. The van der Waals surface area contributed by atoms with Gasteiger partial charge in [-0.3, -0.25) is 8.74 Å². The predicted octanol–water partition coefficient (Wildman–Crippen LogP) is 1.93. The predicted molar refractivity (Wildman–Crippen MR) is 83.0 cm³/mol. The number of nitrogens with one attached hydrogen (secondary N) is 1. The maximum absolute atomic E-state index is 10.7. The molecule has 1 rings (SSSR count). The third-order valence-electron chi connectivity index (χ3n) is 2.96. The van der Waals surface area contributed by atoms with E-state index in [0.29, 0.717) is 12.5 Å². The number of hydrogen-bond donors (Lipinski definition) is 2. The summed E-state index contributed by atoms with van der Waals surface area (Å²) in [5.74, 6) is 1.20. The maximum Gasteiger partial charge on any atom is 0.266 e. The molecule has 0 fully saturated rings. The summed E-state index contributed by atoms with van der Waals surface area (Å²) in [6.07, 6.45) is 0.985. The maximum atomic E-state index is 10.7. The average Bonchev–Trinajstić information content (AvgIpc) is 2.41. The number of ether oxygens (including phenoxy) is 1. The van der Waals surface area contributed by atoms with E-state index in [4.69, 9.17) is 9.29 Å². The van der Waals surface area contributed by atoms with E-state index in [1.807, 2.05) is 18.2 Å². The van der Waals surface area contributed by atoms with Gasteiger partial charge in [0.25, 0.3) is 9.05 Å². The van der Waals surface area contributed by atoms with E-state index in [1.54, 1.807) is 7.11 Å². The van der Waals surface area contributed by atoms with Gasteiger partial charge in [0, 0.05) is 24.3 Å². The topological polar surface area (TPSA) is 67.8 Å². The summed E-state index contributed by atoms with van der Waals surface area (Å²) in [5, 5.41) is 3.20. The highest BCUT2D eigenvalue weighted by molar-refractivity contribution is 8.27. The lowest BCUT2D eigenvalue weighted by Gasteiger charge is -2.17. The van der Waals surface area contributed by atoms with Gasteiger partial charge in [-0.25, -0.2) is 0 Å². The van der Waals surface area contributed by atoms with Crippen molar-refractivity contribution in [3.05, 3.63) is 29.8 Å². The Balaban J connectivity index is 2.43. The largest absolute Gasteiger partial charge is 0.497 e. The summed E-state index contributed by atoms with van der Waals surface area (Å²) in [6, 6.07) is 7.98. The van der Waals surface area contributed by atoms with Gasteiger partial charge in [-0.15, -0.1) is 0 Å². The molecule has 2 atom stereocenters. The molecule has 5 nitrogen and oxygen atoms in total. The lowest BCUT2D eigenvalue weighted by Crippen LogP contribution is -2.26. The second kappa shape index (κ2) is 8.53. The summed E-state index contributed by atoms with van der Waals surface area (Å²) in [5.41, 5.74) is 1.20. The normalized spacial score (nSPS) is 15.6. The Kier molecular flexibility index (Phi) is 7.39. The number of rotatable bonds is 9. The first-order valence-corrected chi connectivity index (χ1v) is 8.79. The van der Waals surface area contributed by atoms with E-state index in [0.717, 1.165) is 18.7 Å². The summed E-state index contributed by atoms with van der Waals surface area (Å²) in [7, 11) is -1.87. The van der Waals surface area contributed by atoms with Gasteiger partial charge in [-0.1, -0.05) is 19.1 Å². The molecule has 0 spiro atoms. The SMILES string of the molecule is CC[C@H](CNCCOS(=O)(O)=S)c1cccc(OC)c1. The van der Waals surface area contributed by atoms with Crippen molar-refractivity contribution in [2.24, 2.45) is 0 Å². The fraction of sp³-hybridized carbons (Fsp3) is 0.538. The van der Waals surface area contributed by atoms with Crippen molar-refractivity contribution in [1.29, 1.82) is 0 Å². The molecule has 1 aromatic rings. The first-order chi connectivity index (χ1) is 9.46. The van der Waals surface area contributed by atoms with Gasteiger partial charge >= 0.3 is 0 Å². The van der Waals surface area contributed by atoms with Crippen LogP contribution in [0, 0.1) is 0 Å². The Morgan fingerprint density at radius 1 is 1.50 bits per heavy atom. The fourth-order valence-corrected chi connectivity index (χ4v) is 2.39. The molecule has 0 aliphatic heterocycles. The molecule has 0 heterocycles. The van der Waals surface area contributed by atoms with E-state index in [1.165, 1.54) is 5.56 Å². The monoisotopic (exact) mass is 319 g/mol. The summed E-state index contributed by atoms with van der Waals surface area (Å²) >= 11 is 4.23. The lowest BCUT2D eigenvalue weighted by molar-refractivity contribution is 0.300. The summed E-state index contributed by atoms with van der Waals surface area (Å²) in [4.78, 5) is 0. The van der Waals surface area contributed by atoms with E-state index in [9.17, 15) is 4.21 Å². The highest BCUT2D eigenvalue weighted by atomic mass is 32.9. The zero-order valence-corrected chi connectivity index (χ0v) is 13.3. The Bertz CT molecular complexity index is 505. The average molecular weight is 319 g/mol. The van der Waals surface area contributed by atoms with Crippen LogP contribution >= 0.6 is 0 Å². The van der Waals surface area contributed by atoms with Crippen LogP contribution in [0.3, 0.4) is 0 Å². The molecule has 2 N–H and O–H groups in total. The van der Waals surface area contributed by atoms with Crippen LogP contribution in [-0.4, -0.2) is 35.6 Å². The minimum absolute atomic E-state index is 0.118. The number of benzene rings is 1. The zero-order chi connectivity index (χ0) is 15.0. The molecule has 0 radical (unpaired) electrons. The third kappa shape index (κ3) is 6.62. The van der Waals surface area contributed by atoms with Crippen LogP contribution in [0.15, 0.2) is 24.3 Å². The van der Waals surface area contributed by atoms with Crippen molar-refractivity contribution >= 4 is 20.2 Å². The third-order valence-corrected chi connectivity index (χ3v) is 3.71. The van der Waals surface area contributed by atoms with Crippen molar-refractivity contribution in [1.82, 2.24) is 5.32 Å². The molecule has 0 saturated heterocycles. The van der Waals surface area contributed by atoms with E-state index >= 15 is 0 Å². The molecule has 1 unspecified atom stereocenters.